The second-order valence-electron chi connectivity index (χ2n) is 4.29. The van der Waals surface area contributed by atoms with Crippen molar-refractivity contribution in [1.29, 1.82) is 0 Å². The highest BCUT2D eigenvalue weighted by atomic mass is 32.2. The fraction of sp³-hybridized carbons (Fsp3) is 0.167. The fourth-order valence-corrected chi connectivity index (χ4v) is 3.06. The van der Waals surface area contributed by atoms with Crippen LogP contribution in [0.5, 0.6) is 0 Å². The molecule has 2 rings (SSSR count). The molecule has 0 atom stereocenters. The van der Waals surface area contributed by atoms with E-state index in [1.54, 1.807) is 18.2 Å². The van der Waals surface area contributed by atoms with Crippen molar-refractivity contribution in [1.82, 2.24) is 9.55 Å². The number of nitrogens with two attached hydrogens (primary N) is 1. The third-order valence-corrected chi connectivity index (χ3v) is 4.20. The van der Waals surface area contributed by atoms with E-state index in [4.69, 9.17) is 5.73 Å². The Morgan fingerprint density at radius 1 is 1.40 bits per heavy atom. The SMILES string of the molecule is CC(=O)c1cccc(NS(=O)(=O)c2c(N)ncn2C)c1. The van der Waals surface area contributed by atoms with Crippen LogP contribution >= 0.6 is 0 Å². The second-order valence-corrected chi connectivity index (χ2v) is 5.89. The van der Waals surface area contributed by atoms with Crippen molar-refractivity contribution < 1.29 is 13.2 Å². The van der Waals surface area contributed by atoms with Crippen LogP contribution in [0.25, 0.3) is 0 Å². The van der Waals surface area contributed by atoms with Crippen molar-refractivity contribution in [2.45, 2.75) is 11.9 Å². The lowest BCUT2D eigenvalue weighted by Gasteiger charge is -2.09. The molecule has 0 fully saturated rings. The number of ketones is 1. The highest BCUT2D eigenvalue weighted by Crippen LogP contribution is 2.20. The van der Waals surface area contributed by atoms with E-state index in [2.05, 4.69) is 9.71 Å². The molecule has 0 aliphatic rings. The van der Waals surface area contributed by atoms with Crippen molar-refractivity contribution in [2.24, 2.45) is 7.05 Å². The van der Waals surface area contributed by atoms with Gasteiger partial charge in [0.1, 0.15) is 0 Å². The lowest BCUT2D eigenvalue weighted by Crippen LogP contribution is -2.17. The van der Waals surface area contributed by atoms with E-state index in [1.165, 1.54) is 30.9 Å². The number of hydrogen-bond acceptors (Lipinski definition) is 5. The molecular weight excluding hydrogens is 280 g/mol. The summed E-state index contributed by atoms with van der Waals surface area (Å²) in [6, 6.07) is 6.22. The molecule has 8 heteroatoms. The standard InChI is InChI=1S/C12H14N4O3S/c1-8(17)9-4-3-5-10(6-9)15-20(18,19)12-11(13)14-7-16(12)2/h3-7,15H,13H2,1-2H3. The van der Waals surface area contributed by atoms with Crippen LogP contribution in [0.3, 0.4) is 0 Å². The summed E-state index contributed by atoms with van der Waals surface area (Å²) in [6.45, 7) is 1.41. The number of aryl methyl sites for hydroxylation is 1. The molecule has 0 radical (unpaired) electrons. The van der Waals surface area contributed by atoms with Gasteiger partial charge in [0.2, 0.25) is 0 Å². The summed E-state index contributed by atoms with van der Waals surface area (Å²) in [5, 5.41) is -0.120. The number of carbonyl (C=O) groups is 1. The first-order chi connectivity index (χ1) is 9.31. The molecule has 106 valence electrons. The van der Waals surface area contributed by atoms with E-state index < -0.39 is 10.0 Å². The van der Waals surface area contributed by atoms with E-state index >= 15 is 0 Å². The zero-order valence-electron chi connectivity index (χ0n) is 11.0. The molecule has 0 spiro atoms. The van der Waals surface area contributed by atoms with Crippen LogP contribution in [0.4, 0.5) is 11.5 Å². The number of aromatic nitrogens is 2. The first-order valence-corrected chi connectivity index (χ1v) is 7.20. The summed E-state index contributed by atoms with van der Waals surface area (Å²) in [4.78, 5) is 15.0. The van der Waals surface area contributed by atoms with Gasteiger partial charge in [-0.2, -0.15) is 8.42 Å². The van der Waals surface area contributed by atoms with E-state index in [0.29, 0.717) is 11.3 Å². The predicted molar refractivity (Wildman–Crippen MR) is 74.9 cm³/mol. The minimum Gasteiger partial charge on any atom is -0.381 e. The Balaban J connectivity index is 2.39. The molecule has 0 amide bonds. The van der Waals surface area contributed by atoms with Crippen molar-refractivity contribution in [3.05, 3.63) is 36.2 Å². The molecule has 1 aromatic carbocycles. The molecule has 0 unspecified atom stereocenters. The smallest absolute Gasteiger partial charge is 0.281 e. The van der Waals surface area contributed by atoms with Crippen molar-refractivity contribution in [3.63, 3.8) is 0 Å². The van der Waals surface area contributed by atoms with E-state index in [-0.39, 0.29) is 16.6 Å². The highest BCUT2D eigenvalue weighted by Gasteiger charge is 2.22. The van der Waals surface area contributed by atoms with Gasteiger partial charge in [0.25, 0.3) is 10.0 Å². The maximum Gasteiger partial charge on any atom is 0.281 e. The van der Waals surface area contributed by atoms with Crippen molar-refractivity contribution in [3.8, 4) is 0 Å². The summed E-state index contributed by atoms with van der Waals surface area (Å²) < 4.78 is 28.2. The number of rotatable bonds is 4. The maximum atomic E-state index is 12.2. The average Bonchev–Trinajstić information content (AvgIpc) is 2.69. The topological polar surface area (TPSA) is 107 Å². The normalized spacial score (nSPS) is 11.3. The molecule has 7 nitrogen and oxygen atoms in total. The number of nitrogens with zero attached hydrogens (tertiary/aromatic N) is 2. The number of Topliss-reactive ketones (excluding diaryl/α,β-unsaturated/α-hetero) is 1. The van der Waals surface area contributed by atoms with Crippen LogP contribution in [0.15, 0.2) is 35.6 Å². The van der Waals surface area contributed by atoms with Gasteiger partial charge in [0.05, 0.1) is 6.33 Å². The van der Waals surface area contributed by atoms with Crippen LogP contribution in [-0.4, -0.2) is 23.8 Å². The van der Waals surface area contributed by atoms with Crippen molar-refractivity contribution >= 4 is 27.3 Å². The van der Waals surface area contributed by atoms with Gasteiger partial charge < -0.3 is 10.3 Å². The molecule has 3 N–H and O–H groups in total. The van der Waals surface area contributed by atoms with Gasteiger partial charge in [-0.05, 0) is 19.1 Å². The van der Waals surface area contributed by atoms with Gasteiger partial charge in [-0.1, -0.05) is 12.1 Å². The van der Waals surface area contributed by atoms with Crippen LogP contribution in [0.2, 0.25) is 0 Å². The van der Waals surface area contributed by atoms with Gasteiger partial charge in [-0.15, -0.1) is 0 Å². The molecule has 0 aliphatic heterocycles. The summed E-state index contributed by atoms with van der Waals surface area (Å²) >= 11 is 0. The van der Waals surface area contributed by atoms with Crippen molar-refractivity contribution in [2.75, 3.05) is 10.5 Å². The lowest BCUT2D eigenvalue weighted by atomic mass is 10.1. The Kier molecular flexibility index (Phi) is 3.49. The van der Waals surface area contributed by atoms with E-state index in [9.17, 15) is 13.2 Å². The first-order valence-electron chi connectivity index (χ1n) is 5.72. The molecule has 0 bridgehead atoms. The molecule has 1 heterocycles. The number of nitrogens with one attached hydrogen (secondary N) is 1. The number of nitrogen functional groups attached to an aromatic ring is 1. The predicted octanol–water partition coefficient (Wildman–Crippen LogP) is 1.01. The fourth-order valence-electron chi connectivity index (χ4n) is 1.77. The average molecular weight is 294 g/mol. The Morgan fingerprint density at radius 2 is 2.10 bits per heavy atom. The minimum absolute atomic E-state index is 0.0808. The Bertz CT molecular complexity index is 745. The summed E-state index contributed by atoms with van der Waals surface area (Å²) in [5.74, 6) is -0.228. The van der Waals surface area contributed by atoms with Gasteiger partial charge in [-0.3, -0.25) is 9.52 Å². The summed E-state index contributed by atoms with van der Waals surface area (Å²) in [7, 11) is -2.33. The quantitative estimate of drug-likeness (QED) is 0.818. The molecule has 20 heavy (non-hydrogen) atoms. The van der Waals surface area contributed by atoms with Crippen LogP contribution in [0.1, 0.15) is 17.3 Å². The molecule has 0 saturated heterocycles. The first kappa shape index (κ1) is 14.1. The van der Waals surface area contributed by atoms with Gasteiger partial charge in [0, 0.05) is 18.3 Å². The Labute approximate surface area is 116 Å². The molecular formula is C12H14N4O3S. The monoisotopic (exact) mass is 294 g/mol. The number of anilines is 2. The number of carbonyl (C=O) groups excluding carboxylic acids is 1. The molecule has 1 aromatic heterocycles. The number of sulfonamides is 1. The zero-order valence-corrected chi connectivity index (χ0v) is 11.8. The summed E-state index contributed by atoms with van der Waals surface area (Å²) in [6.07, 6.45) is 1.32. The van der Waals surface area contributed by atoms with Crippen LogP contribution in [-0.2, 0) is 17.1 Å². The number of hydrogen-bond donors (Lipinski definition) is 2. The third-order valence-electron chi connectivity index (χ3n) is 2.69. The lowest BCUT2D eigenvalue weighted by molar-refractivity contribution is 0.101. The third kappa shape index (κ3) is 2.64. The molecule has 0 aliphatic carbocycles. The van der Waals surface area contributed by atoms with E-state index in [1.807, 2.05) is 0 Å². The maximum absolute atomic E-state index is 12.2. The van der Waals surface area contributed by atoms with Gasteiger partial charge in [0.15, 0.2) is 16.6 Å². The molecule has 2 aromatic rings. The highest BCUT2D eigenvalue weighted by molar-refractivity contribution is 7.92. The van der Waals surface area contributed by atoms with Crippen LogP contribution < -0.4 is 10.5 Å². The Morgan fingerprint density at radius 3 is 2.65 bits per heavy atom. The number of benzene rings is 1. The number of imidazole rings is 1. The second kappa shape index (κ2) is 4.97. The largest absolute Gasteiger partial charge is 0.381 e. The minimum atomic E-state index is -3.86. The van der Waals surface area contributed by atoms with E-state index in [0.717, 1.165) is 0 Å². The molecule has 0 saturated carbocycles. The summed E-state index contributed by atoms with van der Waals surface area (Å²) in [5.41, 5.74) is 6.26. The zero-order chi connectivity index (χ0) is 14.9. The van der Waals surface area contributed by atoms with Gasteiger partial charge in [-0.25, -0.2) is 4.98 Å². The van der Waals surface area contributed by atoms with Crippen LogP contribution in [0, 0.1) is 0 Å². The van der Waals surface area contributed by atoms with Gasteiger partial charge >= 0.3 is 0 Å². The Hall–Kier alpha value is -2.35.